The smallest absolute Gasteiger partial charge is 0.0967 e. The molecule has 1 aliphatic rings. The summed E-state index contributed by atoms with van der Waals surface area (Å²) in [6.45, 7) is 4.22. The minimum atomic E-state index is 0.347. The monoisotopic (exact) mass is 112 g/mol. The van der Waals surface area contributed by atoms with E-state index in [4.69, 9.17) is 0 Å². The van der Waals surface area contributed by atoms with Crippen LogP contribution in [0.3, 0.4) is 0 Å². The molecule has 2 atom stereocenters. The molecule has 0 spiro atoms. The SMILES string of the molecule is CCC1C=NC(C)N1. The topological polar surface area (TPSA) is 24.4 Å². The first-order valence-corrected chi connectivity index (χ1v) is 3.12. The molecule has 8 heavy (non-hydrogen) atoms. The van der Waals surface area contributed by atoms with Crippen molar-refractivity contribution in [1.82, 2.24) is 5.32 Å². The molecule has 0 aromatic heterocycles. The van der Waals surface area contributed by atoms with Crippen molar-refractivity contribution in [1.29, 1.82) is 0 Å². The van der Waals surface area contributed by atoms with Crippen molar-refractivity contribution in [3.8, 4) is 0 Å². The average molecular weight is 112 g/mol. The molecule has 0 aromatic rings. The molecule has 0 radical (unpaired) electrons. The fourth-order valence-electron chi connectivity index (χ4n) is 0.852. The number of nitrogens with one attached hydrogen (secondary N) is 1. The van der Waals surface area contributed by atoms with E-state index in [1.807, 2.05) is 6.21 Å². The zero-order valence-electron chi connectivity index (χ0n) is 5.39. The van der Waals surface area contributed by atoms with Gasteiger partial charge in [0, 0.05) is 12.3 Å². The summed E-state index contributed by atoms with van der Waals surface area (Å²) in [6.07, 6.45) is 3.48. The highest BCUT2D eigenvalue weighted by Crippen LogP contribution is 1.98. The molecule has 2 heteroatoms. The van der Waals surface area contributed by atoms with Crippen LogP contribution in [0.4, 0.5) is 0 Å². The summed E-state index contributed by atoms with van der Waals surface area (Å²) in [5.74, 6) is 0. The lowest BCUT2D eigenvalue weighted by atomic mass is 10.3. The fraction of sp³-hybridized carbons (Fsp3) is 0.833. The predicted molar refractivity (Wildman–Crippen MR) is 35.2 cm³/mol. The van der Waals surface area contributed by atoms with Gasteiger partial charge in [0.1, 0.15) is 0 Å². The van der Waals surface area contributed by atoms with Crippen molar-refractivity contribution < 1.29 is 0 Å². The largest absolute Gasteiger partial charge is 0.288 e. The van der Waals surface area contributed by atoms with E-state index in [0.29, 0.717) is 12.2 Å². The molecule has 2 nitrogen and oxygen atoms in total. The van der Waals surface area contributed by atoms with E-state index in [0.717, 1.165) is 6.42 Å². The summed E-state index contributed by atoms with van der Waals surface area (Å²) >= 11 is 0. The highest BCUT2D eigenvalue weighted by molar-refractivity contribution is 5.66. The normalized spacial score (nSPS) is 36.2. The zero-order valence-corrected chi connectivity index (χ0v) is 5.39. The predicted octanol–water partition coefficient (Wildman–Crippen LogP) is 0.785. The first-order chi connectivity index (χ1) is 3.83. The van der Waals surface area contributed by atoms with Gasteiger partial charge in [0.2, 0.25) is 0 Å². The molecule has 46 valence electrons. The Morgan fingerprint density at radius 2 is 2.50 bits per heavy atom. The van der Waals surface area contributed by atoms with Crippen LogP contribution >= 0.6 is 0 Å². The van der Waals surface area contributed by atoms with Gasteiger partial charge >= 0.3 is 0 Å². The Balaban J connectivity index is 2.34. The standard InChI is InChI=1S/C6H12N2/c1-3-6-4-7-5(2)8-6/h4-6,8H,3H2,1-2H3. The average Bonchev–Trinajstić information content (AvgIpc) is 2.14. The first-order valence-electron chi connectivity index (χ1n) is 3.12. The van der Waals surface area contributed by atoms with E-state index in [-0.39, 0.29) is 0 Å². The Morgan fingerprint density at radius 3 is 2.75 bits per heavy atom. The maximum Gasteiger partial charge on any atom is 0.0967 e. The summed E-state index contributed by atoms with van der Waals surface area (Å²) in [6, 6.07) is 0.532. The van der Waals surface area contributed by atoms with Gasteiger partial charge in [-0.15, -0.1) is 0 Å². The number of rotatable bonds is 1. The molecule has 0 fully saturated rings. The van der Waals surface area contributed by atoms with E-state index >= 15 is 0 Å². The van der Waals surface area contributed by atoms with Crippen molar-refractivity contribution in [2.75, 3.05) is 0 Å². The lowest BCUT2D eigenvalue weighted by molar-refractivity contribution is 0.563. The lowest BCUT2D eigenvalue weighted by Gasteiger charge is -2.04. The van der Waals surface area contributed by atoms with E-state index in [2.05, 4.69) is 24.2 Å². The van der Waals surface area contributed by atoms with E-state index in [1.165, 1.54) is 0 Å². The minimum absolute atomic E-state index is 0.347. The number of aliphatic imine (C=N–C) groups is 1. The van der Waals surface area contributed by atoms with Crippen LogP contribution in [0.25, 0.3) is 0 Å². The summed E-state index contributed by atoms with van der Waals surface area (Å²) in [5.41, 5.74) is 0. The van der Waals surface area contributed by atoms with Gasteiger partial charge in [-0.1, -0.05) is 6.92 Å². The van der Waals surface area contributed by atoms with Crippen LogP contribution in [-0.2, 0) is 0 Å². The second kappa shape index (κ2) is 2.27. The van der Waals surface area contributed by atoms with Gasteiger partial charge in [-0.25, -0.2) is 0 Å². The minimum Gasteiger partial charge on any atom is -0.288 e. The highest BCUT2D eigenvalue weighted by Gasteiger charge is 2.11. The molecule has 0 saturated heterocycles. The molecule has 1 rings (SSSR count). The van der Waals surface area contributed by atoms with E-state index < -0.39 is 0 Å². The van der Waals surface area contributed by atoms with Gasteiger partial charge in [0.15, 0.2) is 0 Å². The van der Waals surface area contributed by atoms with Crippen molar-refractivity contribution in [3.05, 3.63) is 0 Å². The summed E-state index contributed by atoms with van der Waals surface area (Å²) in [7, 11) is 0. The van der Waals surface area contributed by atoms with Crippen molar-refractivity contribution in [3.63, 3.8) is 0 Å². The molecular formula is C6H12N2. The maximum absolute atomic E-state index is 4.15. The van der Waals surface area contributed by atoms with Crippen LogP contribution in [0.2, 0.25) is 0 Å². The lowest BCUT2D eigenvalue weighted by Crippen LogP contribution is -2.28. The molecule has 1 N–H and O–H groups in total. The van der Waals surface area contributed by atoms with Gasteiger partial charge in [0.25, 0.3) is 0 Å². The number of nitrogens with zero attached hydrogens (tertiary/aromatic N) is 1. The van der Waals surface area contributed by atoms with Crippen LogP contribution in [0, 0.1) is 0 Å². The molecule has 1 heterocycles. The number of hydrogen-bond acceptors (Lipinski definition) is 2. The molecular weight excluding hydrogens is 100 g/mol. The summed E-state index contributed by atoms with van der Waals surface area (Å²) in [5, 5.41) is 3.28. The summed E-state index contributed by atoms with van der Waals surface area (Å²) < 4.78 is 0. The second-order valence-corrected chi connectivity index (χ2v) is 2.16. The Hall–Kier alpha value is -0.370. The van der Waals surface area contributed by atoms with Gasteiger partial charge in [-0.3, -0.25) is 10.3 Å². The van der Waals surface area contributed by atoms with Gasteiger partial charge in [-0.2, -0.15) is 0 Å². The maximum atomic E-state index is 4.15. The number of hydrogen-bond donors (Lipinski definition) is 1. The Labute approximate surface area is 50.0 Å². The third-order valence-corrected chi connectivity index (χ3v) is 1.38. The second-order valence-electron chi connectivity index (χ2n) is 2.16. The first kappa shape index (κ1) is 5.76. The van der Waals surface area contributed by atoms with E-state index in [9.17, 15) is 0 Å². The van der Waals surface area contributed by atoms with E-state index in [1.54, 1.807) is 0 Å². The van der Waals surface area contributed by atoms with Crippen LogP contribution in [0.5, 0.6) is 0 Å². The molecule has 0 bridgehead atoms. The zero-order chi connectivity index (χ0) is 5.98. The molecule has 0 aromatic carbocycles. The van der Waals surface area contributed by atoms with Crippen molar-refractivity contribution >= 4 is 6.21 Å². The van der Waals surface area contributed by atoms with Crippen LogP contribution < -0.4 is 5.32 Å². The van der Waals surface area contributed by atoms with Gasteiger partial charge in [-0.05, 0) is 13.3 Å². The fourth-order valence-corrected chi connectivity index (χ4v) is 0.852. The third kappa shape index (κ3) is 1.07. The molecule has 0 aliphatic carbocycles. The highest BCUT2D eigenvalue weighted by atomic mass is 15.1. The van der Waals surface area contributed by atoms with Crippen LogP contribution in [-0.4, -0.2) is 18.4 Å². The summed E-state index contributed by atoms with van der Waals surface area (Å²) in [4.78, 5) is 4.15. The van der Waals surface area contributed by atoms with Crippen molar-refractivity contribution in [2.45, 2.75) is 32.5 Å². The van der Waals surface area contributed by atoms with Crippen molar-refractivity contribution in [2.24, 2.45) is 4.99 Å². The Bertz CT molecular complexity index is 98.7. The molecule has 1 aliphatic heterocycles. The van der Waals surface area contributed by atoms with Gasteiger partial charge in [0.05, 0.1) is 6.17 Å². The molecule has 0 saturated carbocycles. The van der Waals surface area contributed by atoms with Crippen LogP contribution in [0.15, 0.2) is 4.99 Å². The quantitative estimate of drug-likeness (QED) is 0.532. The van der Waals surface area contributed by atoms with Gasteiger partial charge < -0.3 is 0 Å². The van der Waals surface area contributed by atoms with Crippen LogP contribution in [0.1, 0.15) is 20.3 Å². The third-order valence-electron chi connectivity index (χ3n) is 1.38. The molecule has 0 amide bonds. The Kier molecular flexibility index (Phi) is 1.63. The molecule has 2 unspecified atom stereocenters. The Morgan fingerprint density at radius 1 is 1.75 bits per heavy atom.